The van der Waals surface area contributed by atoms with Crippen LogP contribution in [0.2, 0.25) is 0 Å². The van der Waals surface area contributed by atoms with Crippen LogP contribution in [0.1, 0.15) is 6.42 Å². The van der Waals surface area contributed by atoms with E-state index >= 15 is 0 Å². The number of rotatable bonds is 4. The average molecular weight is 197 g/mol. The number of likely N-dealkylation sites (N-methyl/N-ethyl adjacent to an activating group) is 1. The number of primary amides is 1. The first kappa shape index (κ1) is 13.8. The maximum absolute atomic E-state index is 10.4. The zero-order chi connectivity index (χ0) is 9.02. The van der Waals surface area contributed by atoms with Crippen LogP contribution in [0.25, 0.3) is 0 Å². The maximum Gasteiger partial charge on any atom is 0.321 e. The van der Waals surface area contributed by atoms with Crippen molar-refractivity contribution in [2.24, 2.45) is 5.73 Å². The van der Waals surface area contributed by atoms with Crippen LogP contribution >= 0.6 is 12.4 Å². The Morgan fingerprint density at radius 3 is 2.00 bits per heavy atom. The molecule has 0 aliphatic heterocycles. The van der Waals surface area contributed by atoms with Gasteiger partial charge in [-0.05, 0) is 14.1 Å². The van der Waals surface area contributed by atoms with Crippen LogP contribution < -0.4 is 5.73 Å². The monoisotopic (exact) mass is 196 g/mol. The second kappa shape index (κ2) is 5.79. The van der Waals surface area contributed by atoms with E-state index in [1.807, 2.05) is 0 Å². The molecule has 0 saturated heterocycles. The number of hydrogen-bond donors (Lipinski definition) is 2. The number of nitrogens with two attached hydrogens (primary N) is 1. The molecule has 0 spiro atoms. The number of carboxylic acids is 1. The predicted octanol–water partition coefficient (Wildman–Crippen LogP) is -0.702. The molecule has 72 valence electrons. The minimum absolute atomic E-state index is 0. The van der Waals surface area contributed by atoms with Gasteiger partial charge in [-0.3, -0.25) is 14.5 Å². The first-order chi connectivity index (χ1) is 4.95. The number of hydrogen-bond acceptors (Lipinski definition) is 3. The highest BCUT2D eigenvalue weighted by atomic mass is 35.5. The molecule has 0 radical (unpaired) electrons. The Labute approximate surface area is 76.9 Å². The summed E-state index contributed by atoms with van der Waals surface area (Å²) in [5, 5.41) is 8.54. The summed E-state index contributed by atoms with van der Waals surface area (Å²) in [7, 11) is 3.17. The number of carboxylic acid groups (broad SMARTS) is 1. The number of aliphatic carboxylic acids is 1. The summed E-state index contributed by atoms with van der Waals surface area (Å²) in [4.78, 5) is 22.2. The minimum atomic E-state index is -1.03. The van der Waals surface area contributed by atoms with Gasteiger partial charge in [-0.15, -0.1) is 12.4 Å². The molecule has 0 rings (SSSR count). The van der Waals surface area contributed by atoms with Crippen LogP contribution in [0, 0.1) is 0 Å². The van der Waals surface area contributed by atoms with Crippen LogP contribution in [0.4, 0.5) is 0 Å². The van der Waals surface area contributed by atoms with E-state index in [4.69, 9.17) is 10.8 Å². The zero-order valence-electron chi connectivity index (χ0n) is 6.98. The molecule has 0 aromatic heterocycles. The van der Waals surface area contributed by atoms with E-state index < -0.39 is 17.9 Å². The molecule has 0 aromatic rings. The van der Waals surface area contributed by atoms with E-state index in [1.165, 1.54) is 4.90 Å². The summed E-state index contributed by atoms with van der Waals surface area (Å²) < 4.78 is 0. The Balaban J connectivity index is 0. The molecule has 0 unspecified atom stereocenters. The number of carbonyl (C=O) groups is 2. The van der Waals surface area contributed by atoms with E-state index in [9.17, 15) is 9.59 Å². The average Bonchev–Trinajstić information content (AvgIpc) is 1.81. The summed E-state index contributed by atoms with van der Waals surface area (Å²) in [6.07, 6.45) is -0.150. The van der Waals surface area contributed by atoms with Gasteiger partial charge in [0.15, 0.2) is 0 Å². The fraction of sp³-hybridized carbons (Fsp3) is 0.667. The van der Waals surface area contributed by atoms with Crippen LogP contribution in [0.3, 0.4) is 0 Å². The van der Waals surface area contributed by atoms with Crippen molar-refractivity contribution in [3.63, 3.8) is 0 Å². The van der Waals surface area contributed by atoms with Crippen molar-refractivity contribution < 1.29 is 14.7 Å². The van der Waals surface area contributed by atoms with Gasteiger partial charge in [0.2, 0.25) is 5.91 Å². The zero-order valence-corrected chi connectivity index (χ0v) is 7.80. The third kappa shape index (κ3) is 4.92. The number of halogens is 1. The van der Waals surface area contributed by atoms with Crippen molar-refractivity contribution in [2.75, 3.05) is 14.1 Å². The third-order valence-electron chi connectivity index (χ3n) is 1.30. The fourth-order valence-electron chi connectivity index (χ4n) is 0.681. The lowest BCUT2D eigenvalue weighted by molar-refractivity contribution is -0.144. The molecular weight excluding hydrogens is 184 g/mol. The molecule has 0 fully saturated rings. The molecule has 6 heteroatoms. The highest BCUT2D eigenvalue weighted by molar-refractivity contribution is 5.85. The lowest BCUT2D eigenvalue weighted by Crippen LogP contribution is -2.38. The van der Waals surface area contributed by atoms with Crippen molar-refractivity contribution in [3.8, 4) is 0 Å². The van der Waals surface area contributed by atoms with E-state index in [1.54, 1.807) is 14.1 Å². The molecule has 0 heterocycles. The second-order valence-electron chi connectivity index (χ2n) is 2.49. The molecular formula is C6H13ClN2O3. The normalized spacial score (nSPS) is 11.9. The SMILES string of the molecule is CN(C)[C@@H](CC(N)=O)C(=O)O.Cl. The molecule has 0 bridgehead atoms. The summed E-state index contributed by atoms with van der Waals surface area (Å²) in [6.45, 7) is 0. The fourth-order valence-corrected chi connectivity index (χ4v) is 0.681. The maximum atomic E-state index is 10.4. The van der Waals surface area contributed by atoms with E-state index in [2.05, 4.69) is 0 Å². The first-order valence-corrected chi connectivity index (χ1v) is 3.12. The van der Waals surface area contributed by atoms with Crippen molar-refractivity contribution in [3.05, 3.63) is 0 Å². The molecule has 0 aromatic carbocycles. The number of carbonyl (C=O) groups excluding carboxylic acids is 1. The lowest BCUT2D eigenvalue weighted by Gasteiger charge is -2.17. The van der Waals surface area contributed by atoms with Gasteiger partial charge in [-0.1, -0.05) is 0 Å². The second-order valence-corrected chi connectivity index (χ2v) is 2.49. The number of nitrogens with zero attached hydrogens (tertiary/aromatic N) is 1. The highest BCUT2D eigenvalue weighted by Gasteiger charge is 2.21. The topological polar surface area (TPSA) is 83.6 Å². The van der Waals surface area contributed by atoms with E-state index in [0.29, 0.717) is 0 Å². The minimum Gasteiger partial charge on any atom is -0.480 e. The van der Waals surface area contributed by atoms with Crippen LogP contribution in [0.15, 0.2) is 0 Å². The van der Waals surface area contributed by atoms with Gasteiger partial charge in [0, 0.05) is 0 Å². The summed E-state index contributed by atoms with van der Waals surface area (Å²) in [5.41, 5.74) is 4.84. The highest BCUT2D eigenvalue weighted by Crippen LogP contribution is 1.98. The summed E-state index contributed by atoms with van der Waals surface area (Å²) >= 11 is 0. The van der Waals surface area contributed by atoms with Gasteiger partial charge >= 0.3 is 5.97 Å². The van der Waals surface area contributed by atoms with Crippen molar-refractivity contribution in [1.82, 2.24) is 4.90 Å². The summed E-state index contributed by atoms with van der Waals surface area (Å²) in [6, 6.07) is -0.813. The molecule has 0 aliphatic rings. The lowest BCUT2D eigenvalue weighted by atomic mass is 10.2. The Hall–Kier alpha value is -0.810. The first-order valence-electron chi connectivity index (χ1n) is 3.12. The Morgan fingerprint density at radius 1 is 1.50 bits per heavy atom. The largest absolute Gasteiger partial charge is 0.480 e. The van der Waals surface area contributed by atoms with Crippen LogP contribution in [-0.2, 0) is 9.59 Å². The Bertz CT molecular complexity index is 172. The Morgan fingerprint density at radius 2 is 1.92 bits per heavy atom. The summed E-state index contributed by atoms with van der Waals surface area (Å²) in [5.74, 6) is -1.64. The van der Waals surface area contributed by atoms with Gasteiger partial charge in [0.1, 0.15) is 6.04 Å². The van der Waals surface area contributed by atoms with Crippen LogP contribution in [-0.4, -0.2) is 42.0 Å². The molecule has 1 amide bonds. The molecule has 0 saturated carbocycles. The molecule has 12 heavy (non-hydrogen) atoms. The van der Waals surface area contributed by atoms with Crippen molar-refractivity contribution in [2.45, 2.75) is 12.5 Å². The molecule has 5 nitrogen and oxygen atoms in total. The van der Waals surface area contributed by atoms with Gasteiger partial charge in [0.25, 0.3) is 0 Å². The van der Waals surface area contributed by atoms with Crippen molar-refractivity contribution in [1.29, 1.82) is 0 Å². The smallest absolute Gasteiger partial charge is 0.321 e. The van der Waals surface area contributed by atoms with Gasteiger partial charge < -0.3 is 10.8 Å². The molecule has 1 atom stereocenters. The van der Waals surface area contributed by atoms with Crippen molar-refractivity contribution >= 4 is 24.3 Å². The third-order valence-corrected chi connectivity index (χ3v) is 1.30. The van der Waals surface area contributed by atoms with Gasteiger partial charge in [-0.2, -0.15) is 0 Å². The Kier molecular flexibility index (Phi) is 6.64. The number of amides is 1. The van der Waals surface area contributed by atoms with E-state index in [0.717, 1.165) is 0 Å². The van der Waals surface area contributed by atoms with Gasteiger partial charge in [-0.25, -0.2) is 0 Å². The molecule has 3 N–H and O–H groups in total. The predicted molar refractivity (Wildman–Crippen MR) is 46.2 cm³/mol. The standard InChI is InChI=1S/C6H12N2O3.ClH/c1-8(2)4(6(10)11)3-5(7)9;/h4H,3H2,1-2H3,(H2,7,9)(H,10,11);1H/t4-;/m0./s1. The van der Waals surface area contributed by atoms with E-state index in [-0.39, 0.29) is 18.8 Å². The van der Waals surface area contributed by atoms with Gasteiger partial charge in [0.05, 0.1) is 6.42 Å². The van der Waals surface area contributed by atoms with Crippen LogP contribution in [0.5, 0.6) is 0 Å². The quantitative estimate of drug-likeness (QED) is 0.623. The molecule has 0 aliphatic carbocycles.